The largest absolute Gasteiger partial charge is 0.461 e. The first kappa shape index (κ1) is 18.3. The number of esters is 1. The Hall–Kier alpha value is -3.06. The molecule has 0 unspecified atom stereocenters. The number of rotatable bonds is 7. The summed E-state index contributed by atoms with van der Waals surface area (Å²) in [6, 6.07) is 13.8. The third kappa shape index (κ3) is 3.94. The maximum atomic E-state index is 12.2. The molecule has 0 spiro atoms. The van der Waals surface area contributed by atoms with E-state index in [1.54, 1.807) is 42.7 Å². The normalized spacial score (nSPS) is 11.0. The summed E-state index contributed by atoms with van der Waals surface area (Å²) in [5.74, 6) is 0.478. The summed E-state index contributed by atoms with van der Waals surface area (Å²) in [5, 5.41) is 0. The number of carbonyl (C=O) groups excluding carboxylic acids is 1. The van der Waals surface area contributed by atoms with E-state index in [2.05, 4.69) is 22.1 Å². The Kier molecular flexibility index (Phi) is 5.43. The van der Waals surface area contributed by atoms with Crippen molar-refractivity contribution in [2.24, 2.45) is 0 Å². The standard InChI is InChI=1S/C21H20N4O2S/c1-28-10-9-27-21(26)17-5-6-20-19(12-17)23-15-25(20)18-4-2-3-16(11-18)13-24-8-7-22-14-24/h2-8,11-12,14-15H,9-10,13H2,1H3. The number of hydrogen-bond donors (Lipinski definition) is 0. The molecule has 7 heteroatoms. The topological polar surface area (TPSA) is 61.9 Å². The molecule has 0 fully saturated rings. The van der Waals surface area contributed by atoms with Gasteiger partial charge in [0.25, 0.3) is 0 Å². The quantitative estimate of drug-likeness (QED) is 0.354. The minimum atomic E-state index is -0.312. The maximum absolute atomic E-state index is 12.2. The summed E-state index contributed by atoms with van der Waals surface area (Å²) in [6.07, 6.45) is 9.29. The second kappa shape index (κ2) is 8.31. The van der Waals surface area contributed by atoms with Gasteiger partial charge < -0.3 is 9.30 Å². The third-order valence-corrected chi connectivity index (χ3v) is 4.99. The van der Waals surface area contributed by atoms with Gasteiger partial charge in [0.1, 0.15) is 12.9 Å². The molecule has 0 saturated heterocycles. The van der Waals surface area contributed by atoms with Gasteiger partial charge in [-0.1, -0.05) is 12.1 Å². The highest BCUT2D eigenvalue weighted by Gasteiger charge is 2.11. The molecule has 0 aliphatic rings. The predicted molar refractivity (Wildman–Crippen MR) is 111 cm³/mol. The average Bonchev–Trinajstić information content (AvgIpc) is 3.37. The number of nitrogens with zero attached hydrogens (tertiary/aromatic N) is 4. The SMILES string of the molecule is CSCCOC(=O)c1ccc2c(c1)ncn2-c1cccc(Cn2ccnc2)c1. The maximum Gasteiger partial charge on any atom is 0.338 e. The Bertz CT molecular complexity index is 1090. The molecule has 0 radical (unpaired) electrons. The monoisotopic (exact) mass is 392 g/mol. The highest BCUT2D eigenvalue weighted by molar-refractivity contribution is 7.98. The van der Waals surface area contributed by atoms with Crippen LogP contribution in [0.5, 0.6) is 0 Å². The molecule has 6 nitrogen and oxygen atoms in total. The molecule has 0 saturated carbocycles. The lowest BCUT2D eigenvalue weighted by Gasteiger charge is -2.08. The Morgan fingerprint density at radius 1 is 1.18 bits per heavy atom. The molecular weight excluding hydrogens is 372 g/mol. The fourth-order valence-corrected chi connectivity index (χ4v) is 3.29. The Morgan fingerprint density at radius 2 is 2.11 bits per heavy atom. The van der Waals surface area contributed by atoms with Crippen LogP contribution in [0.1, 0.15) is 15.9 Å². The molecule has 0 bridgehead atoms. The van der Waals surface area contributed by atoms with E-state index in [1.165, 1.54) is 5.56 Å². The lowest BCUT2D eigenvalue weighted by atomic mass is 10.1. The Labute approximate surface area is 167 Å². The van der Waals surface area contributed by atoms with Crippen molar-refractivity contribution in [2.75, 3.05) is 18.6 Å². The summed E-state index contributed by atoms with van der Waals surface area (Å²) >= 11 is 1.65. The molecule has 0 atom stereocenters. The smallest absolute Gasteiger partial charge is 0.338 e. The van der Waals surface area contributed by atoms with Crippen molar-refractivity contribution in [3.05, 3.63) is 78.6 Å². The van der Waals surface area contributed by atoms with Gasteiger partial charge in [-0.2, -0.15) is 11.8 Å². The first-order valence-electron chi connectivity index (χ1n) is 8.93. The first-order valence-corrected chi connectivity index (χ1v) is 10.3. The van der Waals surface area contributed by atoms with Crippen molar-refractivity contribution in [1.82, 2.24) is 19.1 Å². The first-order chi connectivity index (χ1) is 13.7. The van der Waals surface area contributed by atoms with Crippen LogP contribution in [-0.4, -0.2) is 43.7 Å². The summed E-state index contributed by atoms with van der Waals surface area (Å²) in [7, 11) is 0. The summed E-state index contributed by atoms with van der Waals surface area (Å²) in [5.41, 5.74) is 4.43. The summed E-state index contributed by atoms with van der Waals surface area (Å²) in [6.45, 7) is 1.17. The number of thioether (sulfide) groups is 1. The van der Waals surface area contributed by atoms with Crippen molar-refractivity contribution >= 4 is 28.8 Å². The van der Waals surface area contributed by atoms with Gasteiger partial charge in [-0.05, 0) is 42.2 Å². The van der Waals surface area contributed by atoms with Crippen molar-refractivity contribution in [1.29, 1.82) is 0 Å². The van der Waals surface area contributed by atoms with Gasteiger partial charge in [-0.25, -0.2) is 14.8 Å². The van der Waals surface area contributed by atoms with Crippen LogP contribution < -0.4 is 0 Å². The van der Waals surface area contributed by atoms with E-state index in [9.17, 15) is 4.79 Å². The molecular formula is C21H20N4O2S. The molecule has 2 heterocycles. The van der Waals surface area contributed by atoms with Gasteiger partial charge in [0, 0.05) is 30.4 Å². The van der Waals surface area contributed by atoms with E-state index in [-0.39, 0.29) is 5.97 Å². The molecule has 4 rings (SSSR count). The molecule has 4 aromatic rings. The molecule has 0 aliphatic carbocycles. The molecule has 2 aromatic heterocycles. The van der Waals surface area contributed by atoms with Crippen LogP contribution in [0.2, 0.25) is 0 Å². The summed E-state index contributed by atoms with van der Waals surface area (Å²) < 4.78 is 9.32. The number of hydrogen-bond acceptors (Lipinski definition) is 5. The van der Waals surface area contributed by atoms with Crippen LogP contribution in [0, 0.1) is 0 Å². The molecule has 28 heavy (non-hydrogen) atoms. The highest BCUT2D eigenvalue weighted by Crippen LogP contribution is 2.21. The van der Waals surface area contributed by atoms with Gasteiger partial charge in [-0.15, -0.1) is 0 Å². The zero-order chi connectivity index (χ0) is 19.3. The minimum absolute atomic E-state index is 0.312. The van der Waals surface area contributed by atoms with Gasteiger partial charge in [-0.3, -0.25) is 4.57 Å². The lowest BCUT2D eigenvalue weighted by Crippen LogP contribution is -2.07. The second-order valence-electron chi connectivity index (χ2n) is 6.35. The van der Waals surface area contributed by atoms with Crippen LogP contribution in [0.25, 0.3) is 16.7 Å². The lowest BCUT2D eigenvalue weighted by molar-refractivity contribution is 0.0530. The van der Waals surface area contributed by atoms with Gasteiger partial charge in [0.05, 0.1) is 22.9 Å². The van der Waals surface area contributed by atoms with Crippen LogP contribution >= 0.6 is 11.8 Å². The zero-order valence-corrected chi connectivity index (χ0v) is 16.3. The number of fused-ring (bicyclic) bond motifs is 1. The van der Waals surface area contributed by atoms with Gasteiger partial charge in [0.2, 0.25) is 0 Å². The molecule has 0 aliphatic heterocycles. The van der Waals surface area contributed by atoms with Crippen molar-refractivity contribution in [2.45, 2.75) is 6.54 Å². The van der Waals surface area contributed by atoms with Crippen LogP contribution in [0.15, 0.2) is 67.5 Å². The third-order valence-electron chi connectivity index (χ3n) is 4.42. The predicted octanol–water partition coefficient (Wildman–Crippen LogP) is 3.79. The van der Waals surface area contributed by atoms with E-state index < -0.39 is 0 Å². The molecule has 0 amide bonds. The number of ether oxygens (including phenoxy) is 1. The van der Waals surface area contributed by atoms with Crippen LogP contribution in [-0.2, 0) is 11.3 Å². The Balaban J connectivity index is 1.59. The van der Waals surface area contributed by atoms with Gasteiger partial charge in [0.15, 0.2) is 0 Å². The van der Waals surface area contributed by atoms with E-state index in [0.29, 0.717) is 12.2 Å². The molecule has 2 aromatic carbocycles. The van der Waals surface area contributed by atoms with E-state index in [4.69, 9.17) is 4.74 Å². The fourth-order valence-electron chi connectivity index (χ4n) is 3.04. The van der Waals surface area contributed by atoms with Crippen molar-refractivity contribution in [3.8, 4) is 5.69 Å². The van der Waals surface area contributed by atoms with Crippen molar-refractivity contribution < 1.29 is 9.53 Å². The number of aromatic nitrogens is 4. The minimum Gasteiger partial charge on any atom is -0.461 e. The number of imidazole rings is 2. The summed E-state index contributed by atoms with van der Waals surface area (Å²) in [4.78, 5) is 20.7. The van der Waals surface area contributed by atoms with E-state index in [1.807, 2.05) is 39.8 Å². The van der Waals surface area contributed by atoms with Crippen molar-refractivity contribution in [3.63, 3.8) is 0 Å². The molecule has 0 N–H and O–H groups in total. The van der Waals surface area contributed by atoms with E-state index >= 15 is 0 Å². The number of carbonyl (C=O) groups is 1. The average molecular weight is 392 g/mol. The van der Waals surface area contributed by atoms with Crippen LogP contribution in [0.3, 0.4) is 0 Å². The van der Waals surface area contributed by atoms with Crippen LogP contribution in [0.4, 0.5) is 0 Å². The zero-order valence-electron chi connectivity index (χ0n) is 15.5. The Morgan fingerprint density at radius 3 is 2.93 bits per heavy atom. The highest BCUT2D eigenvalue weighted by atomic mass is 32.2. The molecule has 142 valence electrons. The number of benzene rings is 2. The van der Waals surface area contributed by atoms with Gasteiger partial charge >= 0.3 is 5.97 Å². The second-order valence-corrected chi connectivity index (χ2v) is 7.34. The van der Waals surface area contributed by atoms with E-state index in [0.717, 1.165) is 29.0 Å². The fraction of sp³-hybridized carbons (Fsp3) is 0.190.